The second-order valence-electron chi connectivity index (χ2n) is 2.53. The number of nitrogens with zero attached hydrogens (tertiary/aromatic N) is 2. The van der Waals surface area contributed by atoms with E-state index < -0.39 is 0 Å². The van der Waals surface area contributed by atoms with Gasteiger partial charge >= 0.3 is 0 Å². The Morgan fingerprint density at radius 2 is 2.43 bits per heavy atom. The van der Waals surface area contributed by atoms with Crippen LogP contribution in [0.3, 0.4) is 0 Å². The minimum atomic E-state index is -0.0952. The number of nitrogens with one attached hydrogen (secondary N) is 2. The molecule has 0 saturated carbocycles. The van der Waals surface area contributed by atoms with Crippen LogP contribution in [0.1, 0.15) is 6.92 Å². The summed E-state index contributed by atoms with van der Waals surface area (Å²) in [5.41, 5.74) is 0. The monoisotopic (exact) mass is 214 g/mol. The molecule has 0 bridgehead atoms. The van der Waals surface area contributed by atoms with Crippen LogP contribution >= 0.6 is 11.6 Å². The highest BCUT2D eigenvalue weighted by Gasteiger charge is 2.03. The fraction of sp³-hybridized carbons (Fsp3) is 0.375. The molecule has 1 aromatic rings. The Bertz CT molecular complexity index is 318. The van der Waals surface area contributed by atoms with E-state index in [2.05, 4.69) is 20.6 Å². The molecule has 0 fully saturated rings. The summed E-state index contributed by atoms with van der Waals surface area (Å²) in [6, 6.07) is 0. The van der Waals surface area contributed by atoms with Crippen molar-refractivity contribution in [3.63, 3.8) is 0 Å². The van der Waals surface area contributed by atoms with Gasteiger partial charge in [0.1, 0.15) is 17.2 Å². The van der Waals surface area contributed by atoms with Crippen LogP contribution in [0, 0.1) is 0 Å². The number of hydrogen-bond acceptors (Lipinski definition) is 4. The van der Waals surface area contributed by atoms with Gasteiger partial charge < -0.3 is 10.6 Å². The molecule has 1 rings (SSSR count). The topological polar surface area (TPSA) is 66.9 Å². The molecule has 0 aromatic carbocycles. The van der Waals surface area contributed by atoms with Gasteiger partial charge in [-0.1, -0.05) is 11.6 Å². The van der Waals surface area contributed by atoms with E-state index in [9.17, 15) is 4.79 Å². The summed E-state index contributed by atoms with van der Waals surface area (Å²) in [5.74, 6) is 0.370. The van der Waals surface area contributed by atoms with Crippen molar-refractivity contribution in [1.29, 1.82) is 0 Å². The summed E-state index contributed by atoms with van der Waals surface area (Å²) in [5, 5.41) is 5.85. The Morgan fingerprint density at radius 1 is 1.64 bits per heavy atom. The molecule has 1 aromatic heterocycles. The molecule has 0 saturated heterocycles. The molecule has 2 N–H and O–H groups in total. The van der Waals surface area contributed by atoms with Crippen LogP contribution in [-0.2, 0) is 4.79 Å². The zero-order valence-electron chi connectivity index (χ0n) is 7.75. The van der Waals surface area contributed by atoms with Crippen LogP contribution in [0.2, 0.25) is 5.02 Å². The molecule has 6 heteroatoms. The first-order chi connectivity index (χ1) is 6.74. The van der Waals surface area contributed by atoms with E-state index >= 15 is 0 Å². The Labute approximate surface area is 86.9 Å². The zero-order valence-corrected chi connectivity index (χ0v) is 8.51. The molecule has 0 radical (unpaired) electrons. The van der Waals surface area contributed by atoms with Crippen molar-refractivity contribution in [2.24, 2.45) is 0 Å². The first-order valence-electron chi connectivity index (χ1n) is 4.20. The largest absolute Gasteiger partial charge is 0.360 e. The predicted molar refractivity (Wildman–Crippen MR) is 54.2 cm³/mol. The molecule has 14 heavy (non-hydrogen) atoms. The van der Waals surface area contributed by atoms with Gasteiger partial charge in [-0.25, -0.2) is 9.97 Å². The number of likely N-dealkylation sites (N-methyl/N-ethyl adjacent to an activating group) is 1. The summed E-state index contributed by atoms with van der Waals surface area (Å²) in [4.78, 5) is 18.7. The quantitative estimate of drug-likeness (QED) is 0.774. The van der Waals surface area contributed by atoms with E-state index in [1.165, 1.54) is 12.5 Å². The Hall–Kier alpha value is -1.36. The molecule has 0 unspecified atom stereocenters. The fourth-order valence-electron chi connectivity index (χ4n) is 0.866. The van der Waals surface area contributed by atoms with E-state index in [1.54, 1.807) is 0 Å². The third-order valence-corrected chi connectivity index (χ3v) is 1.73. The Kier molecular flexibility index (Phi) is 4.12. The van der Waals surface area contributed by atoms with Crippen molar-refractivity contribution in [2.75, 3.05) is 18.4 Å². The van der Waals surface area contributed by atoms with Gasteiger partial charge in [0, 0.05) is 6.54 Å². The maximum Gasteiger partial charge on any atom is 0.239 e. The highest BCUT2D eigenvalue weighted by molar-refractivity contribution is 6.32. The van der Waals surface area contributed by atoms with Crippen molar-refractivity contribution in [3.05, 3.63) is 17.5 Å². The Balaban J connectivity index is 2.46. The fourth-order valence-corrected chi connectivity index (χ4v) is 1.04. The van der Waals surface area contributed by atoms with Gasteiger partial charge in [0.25, 0.3) is 0 Å². The van der Waals surface area contributed by atoms with Crippen molar-refractivity contribution in [2.45, 2.75) is 6.92 Å². The number of carbonyl (C=O) groups is 1. The lowest BCUT2D eigenvalue weighted by molar-refractivity contribution is -0.119. The molecule has 0 spiro atoms. The van der Waals surface area contributed by atoms with Crippen molar-refractivity contribution in [1.82, 2.24) is 15.3 Å². The normalized spacial score (nSPS) is 9.57. The van der Waals surface area contributed by atoms with Crippen LogP contribution in [-0.4, -0.2) is 29.0 Å². The maximum absolute atomic E-state index is 11.1. The number of anilines is 1. The SMILES string of the molecule is CCNC(=O)CNc1ncncc1Cl. The average Bonchev–Trinajstić information content (AvgIpc) is 2.17. The first-order valence-corrected chi connectivity index (χ1v) is 4.58. The van der Waals surface area contributed by atoms with Crippen molar-refractivity contribution in [3.8, 4) is 0 Å². The van der Waals surface area contributed by atoms with Crippen LogP contribution in [0.4, 0.5) is 5.82 Å². The lowest BCUT2D eigenvalue weighted by Crippen LogP contribution is -2.29. The summed E-state index contributed by atoms with van der Waals surface area (Å²) in [7, 11) is 0. The second kappa shape index (κ2) is 5.39. The number of aromatic nitrogens is 2. The van der Waals surface area contributed by atoms with E-state index in [-0.39, 0.29) is 12.5 Å². The Morgan fingerprint density at radius 3 is 3.07 bits per heavy atom. The lowest BCUT2D eigenvalue weighted by Gasteiger charge is -2.05. The smallest absolute Gasteiger partial charge is 0.239 e. The van der Waals surface area contributed by atoms with Crippen LogP contribution in [0.15, 0.2) is 12.5 Å². The molecule has 0 aliphatic rings. The van der Waals surface area contributed by atoms with Gasteiger partial charge in [0.2, 0.25) is 5.91 Å². The molecule has 1 heterocycles. The van der Waals surface area contributed by atoms with Crippen LogP contribution in [0.5, 0.6) is 0 Å². The zero-order chi connectivity index (χ0) is 10.4. The number of rotatable bonds is 4. The summed E-state index contributed by atoms with van der Waals surface area (Å²) in [6.45, 7) is 2.62. The predicted octanol–water partition coefficient (Wildman–Crippen LogP) is 0.678. The van der Waals surface area contributed by atoms with Gasteiger partial charge in [-0.15, -0.1) is 0 Å². The van der Waals surface area contributed by atoms with Crippen LogP contribution in [0.25, 0.3) is 0 Å². The van der Waals surface area contributed by atoms with Gasteiger partial charge in [-0.05, 0) is 6.92 Å². The van der Waals surface area contributed by atoms with E-state index in [4.69, 9.17) is 11.6 Å². The van der Waals surface area contributed by atoms with Gasteiger partial charge in [0.05, 0.1) is 12.7 Å². The molecular weight excluding hydrogens is 204 g/mol. The number of hydrogen-bond donors (Lipinski definition) is 2. The third-order valence-electron chi connectivity index (χ3n) is 1.46. The number of carbonyl (C=O) groups excluding carboxylic acids is 1. The van der Waals surface area contributed by atoms with E-state index in [0.29, 0.717) is 17.4 Å². The van der Waals surface area contributed by atoms with E-state index in [1.807, 2.05) is 6.92 Å². The first kappa shape index (κ1) is 10.7. The highest BCUT2D eigenvalue weighted by atomic mass is 35.5. The lowest BCUT2D eigenvalue weighted by atomic mass is 10.5. The van der Waals surface area contributed by atoms with Gasteiger partial charge in [0.15, 0.2) is 0 Å². The number of amides is 1. The maximum atomic E-state index is 11.1. The van der Waals surface area contributed by atoms with Crippen LogP contribution < -0.4 is 10.6 Å². The highest BCUT2D eigenvalue weighted by Crippen LogP contribution is 2.15. The van der Waals surface area contributed by atoms with Crippen molar-refractivity contribution < 1.29 is 4.79 Å². The molecule has 76 valence electrons. The summed E-state index contributed by atoms with van der Waals surface area (Å²) in [6.07, 6.45) is 2.83. The second-order valence-corrected chi connectivity index (χ2v) is 2.93. The molecule has 1 amide bonds. The molecule has 0 aliphatic carbocycles. The van der Waals surface area contributed by atoms with Gasteiger partial charge in [-0.2, -0.15) is 0 Å². The minimum Gasteiger partial charge on any atom is -0.360 e. The minimum absolute atomic E-state index is 0.0952. The van der Waals surface area contributed by atoms with Gasteiger partial charge in [-0.3, -0.25) is 4.79 Å². The standard InChI is InChI=1S/C8H11ClN4O/c1-2-11-7(14)4-12-8-6(9)3-10-5-13-8/h3,5H,2,4H2,1H3,(H,11,14)(H,10,12,13). The molecular formula is C8H11ClN4O. The molecule has 5 nitrogen and oxygen atoms in total. The summed E-state index contributed by atoms with van der Waals surface area (Å²) >= 11 is 5.77. The average molecular weight is 215 g/mol. The number of halogens is 1. The molecule has 0 atom stereocenters. The van der Waals surface area contributed by atoms with E-state index in [0.717, 1.165) is 0 Å². The van der Waals surface area contributed by atoms with Crippen molar-refractivity contribution >= 4 is 23.3 Å². The molecule has 0 aliphatic heterocycles. The third kappa shape index (κ3) is 3.18. The summed E-state index contributed by atoms with van der Waals surface area (Å²) < 4.78 is 0.